The van der Waals surface area contributed by atoms with E-state index >= 15 is 0 Å². The van der Waals surface area contributed by atoms with Gasteiger partial charge in [0.15, 0.2) is 15.7 Å². The number of sulfone groups is 1. The fourth-order valence-electron chi connectivity index (χ4n) is 4.33. The zero-order chi connectivity index (χ0) is 37.8. The van der Waals surface area contributed by atoms with E-state index in [-0.39, 0.29) is 28.7 Å². The predicted molar refractivity (Wildman–Crippen MR) is 196 cm³/mol. The lowest BCUT2D eigenvalue weighted by molar-refractivity contribution is 0.482. The van der Waals surface area contributed by atoms with Crippen molar-refractivity contribution >= 4 is 75.2 Å². The molecule has 0 saturated heterocycles. The second-order valence-electron chi connectivity index (χ2n) is 10.8. The summed E-state index contributed by atoms with van der Waals surface area (Å²) in [7, 11) is -11.5. The van der Waals surface area contributed by atoms with Crippen molar-refractivity contribution in [3.63, 3.8) is 0 Å². The molecule has 0 saturated carbocycles. The van der Waals surface area contributed by atoms with Gasteiger partial charge >= 0.3 is 0 Å². The van der Waals surface area contributed by atoms with Crippen molar-refractivity contribution in [2.24, 2.45) is 20.5 Å². The van der Waals surface area contributed by atoms with Crippen molar-refractivity contribution in [2.75, 3.05) is 35.7 Å². The monoisotopic (exact) mass is 756 g/mol. The number of nitrogens with zero attached hydrogens (tertiary/aromatic N) is 6. The first kappa shape index (κ1) is 40.3. The Balaban J connectivity index is 0.00000131. The molecular weight excluding hydrogens is 721 g/mol. The number of pyridine rings is 1. The van der Waals surface area contributed by atoms with Crippen LogP contribution in [0, 0.1) is 18.3 Å². The topological polar surface area (TPSA) is 253 Å². The molecule has 4 N–H and O–H groups in total. The number of fused-ring (bicyclic) bond motifs is 1. The first-order chi connectivity index (χ1) is 24.0. The van der Waals surface area contributed by atoms with Gasteiger partial charge in [0.25, 0.3) is 20.2 Å². The summed E-state index contributed by atoms with van der Waals surface area (Å²) in [5.74, 6) is 0.431. The van der Waals surface area contributed by atoms with Gasteiger partial charge in [0.2, 0.25) is 0 Å². The Morgan fingerprint density at radius 3 is 1.90 bits per heavy atom. The molecule has 0 aliphatic carbocycles. The predicted octanol–water partition coefficient (Wildman–Crippen LogP) is 7.18. The number of hydrogen-bond acceptors (Lipinski definition) is 14. The Kier molecular flexibility index (Phi) is 14.0. The Bertz CT molecular complexity index is 2310. The standard InChI is InChI=1S/C31H32N8O5S2.CH4O3S/c1-4-6-17-33-30-26(20-32)21(3)29(31(35-30)34-18-19-45(40,41)5-2)39-38-28-16-15-27(24-9-7-8-10-25(24)28)37-36-22-11-13-23(14-12-22)46(42,43)44;1-5(2,3)4/h5,7-16H,2,4,6,17-19H2,1,3H3,(H2,33,34,35)(H,42,43,44);1H3,(H,2,3,4). The Hall–Kier alpha value is -5.13. The number of rotatable bonds is 14. The first-order valence-electron chi connectivity index (χ1n) is 15.1. The highest BCUT2D eigenvalue weighted by Crippen LogP contribution is 2.38. The van der Waals surface area contributed by atoms with Crippen LogP contribution in [0.1, 0.15) is 30.9 Å². The first-order valence-corrected chi connectivity index (χ1v) is 20.1. The Labute approximate surface area is 296 Å². The molecule has 51 heavy (non-hydrogen) atoms. The van der Waals surface area contributed by atoms with E-state index in [1.165, 1.54) is 24.3 Å². The van der Waals surface area contributed by atoms with Gasteiger partial charge < -0.3 is 10.6 Å². The van der Waals surface area contributed by atoms with Crippen molar-refractivity contribution in [3.8, 4) is 6.07 Å². The normalized spacial score (nSPS) is 12.0. The summed E-state index contributed by atoms with van der Waals surface area (Å²) in [5.41, 5.74) is 2.50. The Morgan fingerprint density at radius 2 is 1.39 bits per heavy atom. The number of unbranched alkanes of at least 4 members (excludes halogenated alkanes) is 1. The molecule has 16 nitrogen and oxygen atoms in total. The summed E-state index contributed by atoms with van der Waals surface area (Å²) in [4.78, 5) is 4.34. The third-order valence-electron chi connectivity index (χ3n) is 6.83. The van der Waals surface area contributed by atoms with Crippen LogP contribution in [0.15, 0.2) is 98.0 Å². The highest BCUT2D eigenvalue weighted by atomic mass is 32.2. The molecule has 0 spiro atoms. The molecule has 1 aromatic heterocycles. The molecule has 19 heteroatoms. The lowest BCUT2D eigenvalue weighted by Crippen LogP contribution is -2.15. The summed E-state index contributed by atoms with van der Waals surface area (Å²) >= 11 is 0. The molecular formula is C32H36N8O8S3. The lowest BCUT2D eigenvalue weighted by Gasteiger charge is -2.15. The second-order valence-corrected chi connectivity index (χ2v) is 15.7. The van der Waals surface area contributed by atoms with E-state index in [1.54, 1.807) is 19.1 Å². The molecule has 3 aromatic carbocycles. The summed E-state index contributed by atoms with van der Waals surface area (Å²) in [5, 5.41) is 36.0. The van der Waals surface area contributed by atoms with E-state index < -0.39 is 30.1 Å². The molecule has 4 rings (SSSR count). The van der Waals surface area contributed by atoms with Gasteiger partial charge in [-0.25, -0.2) is 13.4 Å². The van der Waals surface area contributed by atoms with Gasteiger partial charge in [0.1, 0.15) is 17.6 Å². The summed E-state index contributed by atoms with van der Waals surface area (Å²) in [6.45, 7) is 7.77. The van der Waals surface area contributed by atoms with Gasteiger partial charge in [-0.2, -0.15) is 27.2 Å². The van der Waals surface area contributed by atoms with E-state index in [4.69, 9.17) is 4.55 Å². The minimum absolute atomic E-state index is 0.0325. The molecule has 0 bridgehead atoms. The van der Waals surface area contributed by atoms with Crippen LogP contribution in [-0.2, 0) is 30.1 Å². The maximum atomic E-state index is 12.0. The fourth-order valence-corrected chi connectivity index (χ4v) is 5.36. The van der Waals surface area contributed by atoms with Gasteiger partial charge in [-0.15, -0.1) is 15.3 Å². The van der Waals surface area contributed by atoms with Gasteiger partial charge in [-0.3, -0.25) is 9.11 Å². The van der Waals surface area contributed by atoms with Gasteiger partial charge in [0.05, 0.1) is 39.5 Å². The van der Waals surface area contributed by atoms with E-state index in [2.05, 4.69) is 55.6 Å². The molecule has 0 amide bonds. The second kappa shape index (κ2) is 17.7. The minimum atomic E-state index is -4.32. The number of nitrogens with one attached hydrogen (secondary N) is 2. The Morgan fingerprint density at radius 1 is 0.843 bits per heavy atom. The molecule has 0 unspecified atom stereocenters. The number of azo groups is 2. The average Bonchev–Trinajstić information content (AvgIpc) is 3.06. The smallest absolute Gasteiger partial charge is 0.294 e. The molecule has 1 heterocycles. The van der Waals surface area contributed by atoms with Crippen LogP contribution in [0.5, 0.6) is 0 Å². The van der Waals surface area contributed by atoms with E-state index in [1.807, 2.05) is 24.3 Å². The molecule has 0 aliphatic rings. The summed E-state index contributed by atoms with van der Waals surface area (Å²) in [6.07, 6.45) is 2.53. The number of benzene rings is 3. The zero-order valence-electron chi connectivity index (χ0n) is 27.8. The van der Waals surface area contributed by atoms with Gasteiger partial charge in [-0.05, 0) is 49.7 Å². The van der Waals surface area contributed by atoms with Crippen LogP contribution in [0.3, 0.4) is 0 Å². The van der Waals surface area contributed by atoms with Crippen molar-refractivity contribution in [3.05, 3.63) is 83.8 Å². The van der Waals surface area contributed by atoms with Crippen molar-refractivity contribution < 1.29 is 34.4 Å². The quantitative estimate of drug-likeness (QED) is 0.0567. The summed E-state index contributed by atoms with van der Waals surface area (Å²) < 4.78 is 81.7. The molecule has 4 aromatic rings. The van der Waals surface area contributed by atoms with Crippen LogP contribution in [-0.4, -0.2) is 64.4 Å². The maximum Gasteiger partial charge on any atom is 0.294 e. The molecule has 0 fully saturated rings. The van der Waals surface area contributed by atoms with Crippen LogP contribution >= 0.6 is 0 Å². The minimum Gasteiger partial charge on any atom is -0.369 e. The van der Waals surface area contributed by atoms with E-state index in [0.717, 1.165) is 18.2 Å². The zero-order valence-corrected chi connectivity index (χ0v) is 30.3. The van der Waals surface area contributed by atoms with Crippen molar-refractivity contribution in [1.82, 2.24) is 4.98 Å². The van der Waals surface area contributed by atoms with Crippen molar-refractivity contribution in [2.45, 2.75) is 31.6 Å². The summed E-state index contributed by atoms with van der Waals surface area (Å²) in [6, 6.07) is 18.3. The number of hydrogen-bond donors (Lipinski definition) is 4. The van der Waals surface area contributed by atoms with E-state index in [0.29, 0.717) is 57.6 Å². The van der Waals surface area contributed by atoms with E-state index in [9.17, 15) is 35.1 Å². The molecule has 270 valence electrons. The largest absolute Gasteiger partial charge is 0.369 e. The highest BCUT2D eigenvalue weighted by Gasteiger charge is 2.18. The van der Waals surface area contributed by atoms with Crippen LogP contribution in [0.25, 0.3) is 10.8 Å². The fraction of sp³-hybridized carbons (Fsp3) is 0.250. The highest BCUT2D eigenvalue weighted by molar-refractivity contribution is 7.94. The van der Waals surface area contributed by atoms with Crippen LogP contribution < -0.4 is 10.6 Å². The SMILES string of the molecule is C=CS(=O)(=O)CCNc1nc(NCCCC)c(C#N)c(C)c1N=Nc1ccc(N=Nc2ccc(S(=O)(=O)O)cc2)c2ccccc12.CS(=O)(=O)O. The van der Waals surface area contributed by atoms with Crippen molar-refractivity contribution in [1.29, 1.82) is 5.26 Å². The maximum absolute atomic E-state index is 12.0. The molecule has 0 radical (unpaired) electrons. The third kappa shape index (κ3) is 12.3. The number of nitriles is 1. The average molecular weight is 757 g/mol. The van der Waals surface area contributed by atoms with Gasteiger partial charge in [-0.1, -0.05) is 44.2 Å². The number of aromatic nitrogens is 1. The van der Waals surface area contributed by atoms with Crippen LogP contribution in [0.2, 0.25) is 0 Å². The van der Waals surface area contributed by atoms with Gasteiger partial charge in [0, 0.05) is 34.8 Å². The third-order valence-corrected chi connectivity index (χ3v) is 8.97. The number of anilines is 2. The molecule has 0 aliphatic heterocycles. The lowest BCUT2D eigenvalue weighted by atomic mass is 10.1. The van der Waals surface area contributed by atoms with Crippen LogP contribution in [0.4, 0.5) is 34.4 Å². The molecule has 0 atom stereocenters.